The quantitative estimate of drug-likeness (QED) is 0.543. The largest absolute Gasteiger partial charge is 0.286 e. The van der Waals surface area contributed by atoms with Crippen LogP contribution in [0.5, 0.6) is 0 Å². The van der Waals surface area contributed by atoms with Gasteiger partial charge in [-0.15, -0.1) is 0 Å². The zero-order chi connectivity index (χ0) is 8.55. The minimum absolute atomic E-state index is 0.131. The smallest absolute Gasteiger partial charge is 0.253 e. The Morgan fingerprint density at radius 1 is 1.42 bits per heavy atom. The number of fused-ring (bicyclic) bond motifs is 1. The molecule has 0 aromatic carbocycles. The number of hydroxylamine groups is 2. The van der Waals surface area contributed by atoms with Gasteiger partial charge in [-0.3, -0.25) is 10.0 Å². The van der Waals surface area contributed by atoms with Crippen LogP contribution in [0, 0.1) is 11.8 Å². The Labute approximate surface area is 70.9 Å². The second-order valence-electron chi connectivity index (χ2n) is 3.21. The Hall–Kier alpha value is -1.09. The lowest BCUT2D eigenvalue weighted by Gasteiger charge is -2.32. The van der Waals surface area contributed by atoms with Crippen LogP contribution in [-0.2, 0) is 4.79 Å². The van der Waals surface area contributed by atoms with Crippen molar-refractivity contribution in [2.45, 2.75) is 6.42 Å². The molecule has 3 nitrogen and oxygen atoms in total. The molecule has 0 spiro atoms. The second-order valence-corrected chi connectivity index (χ2v) is 3.21. The number of carbonyl (C=O) groups is 1. The van der Waals surface area contributed by atoms with E-state index in [4.69, 9.17) is 5.21 Å². The van der Waals surface area contributed by atoms with Crippen molar-refractivity contribution in [2.24, 2.45) is 11.8 Å². The average Bonchev–Trinajstić information content (AvgIpc) is 2.12. The predicted octanol–water partition coefficient (Wildman–Crippen LogP) is 0.966. The van der Waals surface area contributed by atoms with Crippen molar-refractivity contribution in [3.8, 4) is 0 Å². The molecule has 2 unspecified atom stereocenters. The van der Waals surface area contributed by atoms with Crippen LogP contribution in [0.25, 0.3) is 0 Å². The fourth-order valence-electron chi connectivity index (χ4n) is 1.75. The van der Waals surface area contributed by atoms with Gasteiger partial charge in [0.25, 0.3) is 5.91 Å². The maximum Gasteiger partial charge on any atom is 0.253 e. The monoisotopic (exact) mass is 165 g/mol. The van der Waals surface area contributed by atoms with Gasteiger partial charge in [-0.05, 0) is 12.3 Å². The molecule has 1 heterocycles. The molecule has 2 aliphatic rings. The molecule has 1 fully saturated rings. The summed E-state index contributed by atoms with van der Waals surface area (Å²) in [6.45, 7) is 0.457. The van der Waals surface area contributed by atoms with Crippen molar-refractivity contribution in [1.29, 1.82) is 0 Å². The summed E-state index contributed by atoms with van der Waals surface area (Å²) in [5, 5.41) is 9.97. The fraction of sp³-hybridized carbons (Fsp3) is 0.444. The topological polar surface area (TPSA) is 40.5 Å². The Kier molecular flexibility index (Phi) is 1.73. The third kappa shape index (κ3) is 1.06. The summed E-state index contributed by atoms with van der Waals surface area (Å²) >= 11 is 0. The van der Waals surface area contributed by atoms with Gasteiger partial charge in [0.2, 0.25) is 0 Å². The molecule has 2 rings (SSSR count). The average molecular weight is 165 g/mol. The van der Waals surface area contributed by atoms with E-state index in [0.717, 1.165) is 11.5 Å². The highest BCUT2D eigenvalue weighted by atomic mass is 16.5. The van der Waals surface area contributed by atoms with Crippen LogP contribution in [0.3, 0.4) is 0 Å². The van der Waals surface area contributed by atoms with Crippen LogP contribution in [0.4, 0.5) is 0 Å². The summed E-state index contributed by atoms with van der Waals surface area (Å²) in [4.78, 5) is 11.4. The van der Waals surface area contributed by atoms with Crippen LogP contribution >= 0.6 is 0 Å². The van der Waals surface area contributed by atoms with Gasteiger partial charge in [-0.25, -0.2) is 5.06 Å². The molecule has 0 aromatic heterocycles. The van der Waals surface area contributed by atoms with E-state index in [9.17, 15) is 4.79 Å². The van der Waals surface area contributed by atoms with Gasteiger partial charge in [0.05, 0.1) is 5.92 Å². The minimum Gasteiger partial charge on any atom is -0.286 e. The Bertz CT molecular complexity index is 257. The number of amides is 1. The van der Waals surface area contributed by atoms with Crippen LogP contribution in [0.1, 0.15) is 6.42 Å². The maximum atomic E-state index is 11.4. The van der Waals surface area contributed by atoms with Crippen LogP contribution in [0.2, 0.25) is 0 Å². The Balaban J connectivity index is 2.21. The predicted molar refractivity (Wildman–Crippen MR) is 43.4 cm³/mol. The number of rotatable bonds is 0. The van der Waals surface area contributed by atoms with Gasteiger partial charge in [-0.2, -0.15) is 0 Å². The van der Waals surface area contributed by atoms with Crippen LogP contribution in [0.15, 0.2) is 24.3 Å². The lowest BCUT2D eigenvalue weighted by Crippen LogP contribution is -2.42. The second kappa shape index (κ2) is 2.75. The summed E-state index contributed by atoms with van der Waals surface area (Å²) in [7, 11) is 0. The minimum atomic E-state index is -0.174. The number of allylic oxidation sites excluding steroid dienone is 3. The van der Waals surface area contributed by atoms with Crippen molar-refractivity contribution in [3.05, 3.63) is 24.3 Å². The van der Waals surface area contributed by atoms with Gasteiger partial charge in [-0.1, -0.05) is 24.3 Å². The number of carbonyl (C=O) groups excluding carboxylic acids is 1. The number of piperidine rings is 1. The summed E-state index contributed by atoms with van der Waals surface area (Å²) in [5.74, 6) is -0.00787. The lowest BCUT2D eigenvalue weighted by atomic mass is 9.83. The van der Waals surface area contributed by atoms with E-state index in [1.807, 2.05) is 24.3 Å². The van der Waals surface area contributed by atoms with Gasteiger partial charge in [0.1, 0.15) is 0 Å². The van der Waals surface area contributed by atoms with Gasteiger partial charge >= 0.3 is 0 Å². The Morgan fingerprint density at radius 3 is 3.00 bits per heavy atom. The summed E-state index contributed by atoms with van der Waals surface area (Å²) in [5.41, 5.74) is 0. The highest BCUT2D eigenvalue weighted by Crippen LogP contribution is 2.28. The standard InChI is InChI=1S/C9H11NO2/c11-9-8-4-2-1-3-7(8)5-6-10(9)12/h1-4,7-8,12H,5-6H2. The first-order chi connectivity index (χ1) is 5.79. The SMILES string of the molecule is O=C1C2C=CC=CC2CCN1O. The first kappa shape index (κ1) is 7.55. The zero-order valence-corrected chi connectivity index (χ0v) is 6.68. The summed E-state index contributed by atoms with van der Waals surface area (Å²) < 4.78 is 0. The number of hydrogen-bond donors (Lipinski definition) is 1. The zero-order valence-electron chi connectivity index (χ0n) is 6.68. The normalized spacial score (nSPS) is 33.8. The molecule has 3 heteroatoms. The molecular formula is C9H11NO2. The third-order valence-electron chi connectivity index (χ3n) is 2.46. The number of nitrogens with zero attached hydrogens (tertiary/aromatic N) is 1. The van der Waals surface area contributed by atoms with Crippen molar-refractivity contribution in [2.75, 3.05) is 6.54 Å². The molecule has 0 aromatic rings. The van der Waals surface area contributed by atoms with Crippen molar-refractivity contribution < 1.29 is 10.0 Å². The molecule has 0 radical (unpaired) electrons. The molecule has 0 saturated carbocycles. The van der Waals surface area contributed by atoms with E-state index >= 15 is 0 Å². The molecule has 64 valence electrons. The fourth-order valence-corrected chi connectivity index (χ4v) is 1.75. The Morgan fingerprint density at radius 2 is 2.17 bits per heavy atom. The van der Waals surface area contributed by atoms with E-state index in [1.165, 1.54) is 0 Å². The van der Waals surface area contributed by atoms with Crippen LogP contribution < -0.4 is 0 Å². The van der Waals surface area contributed by atoms with Gasteiger partial charge < -0.3 is 0 Å². The number of hydrogen-bond acceptors (Lipinski definition) is 2. The maximum absolute atomic E-state index is 11.4. The molecule has 2 atom stereocenters. The highest BCUT2D eigenvalue weighted by Gasteiger charge is 2.33. The molecule has 1 amide bonds. The van der Waals surface area contributed by atoms with Gasteiger partial charge in [0.15, 0.2) is 0 Å². The van der Waals surface area contributed by atoms with E-state index in [-0.39, 0.29) is 11.8 Å². The molecule has 0 bridgehead atoms. The molecule has 1 aliphatic carbocycles. The first-order valence-corrected chi connectivity index (χ1v) is 4.14. The van der Waals surface area contributed by atoms with Gasteiger partial charge in [0, 0.05) is 6.54 Å². The molecule has 1 saturated heterocycles. The molecular weight excluding hydrogens is 154 g/mol. The van der Waals surface area contributed by atoms with E-state index < -0.39 is 0 Å². The molecule has 1 aliphatic heterocycles. The van der Waals surface area contributed by atoms with Crippen molar-refractivity contribution in [3.63, 3.8) is 0 Å². The van der Waals surface area contributed by atoms with Crippen LogP contribution in [-0.4, -0.2) is 22.7 Å². The first-order valence-electron chi connectivity index (χ1n) is 4.14. The van der Waals surface area contributed by atoms with Crippen molar-refractivity contribution in [1.82, 2.24) is 5.06 Å². The van der Waals surface area contributed by atoms with E-state index in [2.05, 4.69) is 0 Å². The third-order valence-corrected chi connectivity index (χ3v) is 2.46. The highest BCUT2D eigenvalue weighted by molar-refractivity contribution is 5.81. The molecule has 1 N–H and O–H groups in total. The van der Waals surface area contributed by atoms with E-state index in [1.54, 1.807) is 0 Å². The molecule has 12 heavy (non-hydrogen) atoms. The lowest BCUT2D eigenvalue weighted by molar-refractivity contribution is -0.176. The van der Waals surface area contributed by atoms with Crippen molar-refractivity contribution >= 4 is 5.91 Å². The summed E-state index contributed by atoms with van der Waals surface area (Å²) in [6, 6.07) is 0. The van der Waals surface area contributed by atoms with E-state index in [0.29, 0.717) is 12.5 Å². The summed E-state index contributed by atoms with van der Waals surface area (Å²) in [6.07, 6.45) is 8.57.